The van der Waals surface area contributed by atoms with Crippen molar-refractivity contribution in [2.75, 3.05) is 6.54 Å². The third kappa shape index (κ3) is 2.87. The summed E-state index contributed by atoms with van der Waals surface area (Å²) in [4.78, 5) is 4.23. The molecule has 0 spiro atoms. The molecule has 0 aliphatic rings. The van der Waals surface area contributed by atoms with Gasteiger partial charge in [0.15, 0.2) is 0 Å². The molecule has 0 aromatic carbocycles. The van der Waals surface area contributed by atoms with Gasteiger partial charge in [-0.15, -0.1) is 22.7 Å². The average molecular weight is 344 g/mol. The zero-order valence-electron chi connectivity index (χ0n) is 11.1. The first kappa shape index (κ1) is 14.3. The summed E-state index contributed by atoms with van der Waals surface area (Å²) < 4.78 is 1.24. The highest BCUT2D eigenvalue weighted by Crippen LogP contribution is 2.38. The molecule has 1 atom stereocenters. The van der Waals surface area contributed by atoms with Crippen LogP contribution in [0.4, 0.5) is 0 Å². The van der Waals surface area contributed by atoms with Crippen LogP contribution < -0.4 is 5.32 Å². The molecule has 4 heteroatoms. The number of hydrogen-bond acceptors (Lipinski definition) is 3. The zero-order valence-corrected chi connectivity index (χ0v) is 14.4. The lowest BCUT2D eigenvalue weighted by Crippen LogP contribution is -2.20. The van der Waals surface area contributed by atoms with E-state index in [2.05, 4.69) is 61.1 Å². The molecule has 2 heterocycles. The van der Waals surface area contributed by atoms with Crippen LogP contribution in [-0.2, 0) is 0 Å². The van der Waals surface area contributed by atoms with Crippen LogP contribution >= 0.6 is 38.6 Å². The molecular formula is C14H18BrNS2. The summed E-state index contributed by atoms with van der Waals surface area (Å²) in [5.41, 5.74) is 2.72. The Bertz CT molecular complexity index is 522. The van der Waals surface area contributed by atoms with E-state index in [9.17, 15) is 0 Å². The Balaban J connectivity index is 2.42. The third-order valence-corrected chi connectivity index (χ3v) is 6.33. The van der Waals surface area contributed by atoms with Crippen LogP contribution in [0.25, 0.3) is 0 Å². The first-order chi connectivity index (χ1) is 8.52. The number of thiophene rings is 2. The third-order valence-electron chi connectivity index (χ3n) is 2.91. The Morgan fingerprint density at radius 1 is 1.17 bits per heavy atom. The second kappa shape index (κ2) is 5.87. The Kier molecular flexibility index (Phi) is 4.64. The Hall–Kier alpha value is -0.160. The normalized spacial score (nSPS) is 12.9. The summed E-state index contributed by atoms with van der Waals surface area (Å²) in [5, 5.41) is 3.61. The van der Waals surface area contributed by atoms with Crippen molar-refractivity contribution in [3.63, 3.8) is 0 Å². The van der Waals surface area contributed by atoms with E-state index < -0.39 is 0 Å². The number of rotatable bonds is 4. The summed E-state index contributed by atoms with van der Waals surface area (Å²) in [6.45, 7) is 9.69. The fourth-order valence-electron chi connectivity index (χ4n) is 2.10. The molecule has 0 aliphatic carbocycles. The Morgan fingerprint density at radius 3 is 2.33 bits per heavy atom. The first-order valence-electron chi connectivity index (χ1n) is 6.09. The standard InChI is InChI=1S/C14H18BrNS2/c1-5-16-12(11-7-9(3)14(15)18-11)13-8(2)6-10(4)17-13/h6-7,12,16H,5H2,1-4H3. The van der Waals surface area contributed by atoms with E-state index in [4.69, 9.17) is 0 Å². The summed E-state index contributed by atoms with van der Waals surface area (Å²) >= 11 is 7.36. The Labute approximate surface area is 125 Å². The van der Waals surface area contributed by atoms with Crippen LogP contribution in [0.3, 0.4) is 0 Å². The van der Waals surface area contributed by atoms with E-state index in [1.807, 2.05) is 22.7 Å². The maximum absolute atomic E-state index is 3.63. The van der Waals surface area contributed by atoms with Crippen molar-refractivity contribution < 1.29 is 0 Å². The molecule has 0 radical (unpaired) electrons. The topological polar surface area (TPSA) is 12.0 Å². The minimum absolute atomic E-state index is 0.337. The molecule has 0 bridgehead atoms. The summed E-state index contributed by atoms with van der Waals surface area (Å²) in [6.07, 6.45) is 0. The molecule has 2 aromatic rings. The largest absolute Gasteiger partial charge is 0.305 e. The maximum atomic E-state index is 3.63. The van der Waals surface area contributed by atoms with Gasteiger partial charge >= 0.3 is 0 Å². The van der Waals surface area contributed by atoms with E-state index >= 15 is 0 Å². The lowest BCUT2D eigenvalue weighted by Gasteiger charge is -2.16. The highest BCUT2D eigenvalue weighted by molar-refractivity contribution is 9.11. The van der Waals surface area contributed by atoms with E-state index in [0.29, 0.717) is 6.04 Å². The van der Waals surface area contributed by atoms with E-state index in [1.165, 1.54) is 29.5 Å². The van der Waals surface area contributed by atoms with Crippen molar-refractivity contribution in [1.29, 1.82) is 0 Å². The van der Waals surface area contributed by atoms with Gasteiger partial charge in [-0.05, 0) is 66.5 Å². The van der Waals surface area contributed by atoms with Crippen LogP contribution in [0.5, 0.6) is 0 Å². The molecule has 18 heavy (non-hydrogen) atoms. The van der Waals surface area contributed by atoms with Crippen LogP contribution in [0.2, 0.25) is 0 Å². The van der Waals surface area contributed by atoms with Crippen molar-refractivity contribution in [1.82, 2.24) is 5.32 Å². The van der Waals surface area contributed by atoms with Gasteiger partial charge in [-0.1, -0.05) is 6.92 Å². The zero-order chi connectivity index (χ0) is 13.3. The second-order valence-electron chi connectivity index (χ2n) is 4.50. The minimum atomic E-state index is 0.337. The summed E-state index contributed by atoms with van der Waals surface area (Å²) in [6, 6.07) is 4.90. The molecule has 0 aliphatic heterocycles. The Morgan fingerprint density at radius 2 is 1.89 bits per heavy atom. The van der Waals surface area contributed by atoms with E-state index in [1.54, 1.807) is 0 Å². The van der Waals surface area contributed by atoms with Gasteiger partial charge in [0.05, 0.1) is 9.83 Å². The highest BCUT2D eigenvalue weighted by Gasteiger charge is 2.20. The van der Waals surface area contributed by atoms with Gasteiger partial charge in [0.2, 0.25) is 0 Å². The smallest absolute Gasteiger partial charge is 0.0768 e. The molecule has 0 fully saturated rings. The maximum Gasteiger partial charge on any atom is 0.0768 e. The highest BCUT2D eigenvalue weighted by atomic mass is 79.9. The fourth-order valence-corrected chi connectivity index (χ4v) is 4.96. The molecule has 0 saturated heterocycles. The number of aryl methyl sites for hydroxylation is 3. The molecule has 1 nitrogen and oxygen atoms in total. The number of halogens is 1. The van der Waals surface area contributed by atoms with Gasteiger partial charge in [0.1, 0.15) is 0 Å². The van der Waals surface area contributed by atoms with Crippen molar-refractivity contribution in [3.05, 3.63) is 41.7 Å². The molecule has 0 amide bonds. The molecule has 2 rings (SSSR count). The second-order valence-corrected chi connectivity index (χ2v) is 8.19. The van der Waals surface area contributed by atoms with Gasteiger partial charge in [-0.2, -0.15) is 0 Å². The van der Waals surface area contributed by atoms with Crippen LogP contribution in [0, 0.1) is 20.8 Å². The molecule has 2 aromatic heterocycles. The lowest BCUT2D eigenvalue weighted by atomic mass is 10.1. The average Bonchev–Trinajstić information content (AvgIpc) is 2.79. The van der Waals surface area contributed by atoms with Crippen molar-refractivity contribution >= 4 is 38.6 Å². The predicted octanol–water partition coefficient (Wildman–Crippen LogP) is 5.20. The molecule has 0 saturated carbocycles. The summed E-state index contributed by atoms with van der Waals surface area (Å²) in [5.74, 6) is 0. The van der Waals surface area contributed by atoms with Gasteiger partial charge in [0.25, 0.3) is 0 Å². The summed E-state index contributed by atoms with van der Waals surface area (Å²) in [7, 11) is 0. The molecular weight excluding hydrogens is 326 g/mol. The van der Waals surface area contributed by atoms with Crippen molar-refractivity contribution in [3.8, 4) is 0 Å². The fraction of sp³-hybridized carbons (Fsp3) is 0.429. The van der Waals surface area contributed by atoms with Crippen molar-refractivity contribution in [2.45, 2.75) is 33.7 Å². The lowest BCUT2D eigenvalue weighted by molar-refractivity contribution is 0.646. The van der Waals surface area contributed by atoms with Crippen LogP contribution in [0.1, 0.15) is 38.7 Å². The van der Waals surface area contributed by atoms with Gasteiger partial charge in [-0.3, -0.25) is 0 Å². The molecule has 1 unspecified atom stereocenters. The van der Waals surface area contributed by atoms with Crippen LogP contribution in [0.15, 0.2) is 15.9 Å². The predicted molar refractivity (Wildman–Crippen MR) is 86.1 cm³/mol. The quantitative estimate of drug-likeness (QED) is 0.804. The number of hydrogen-bond donors (Lipinski definition) is 1. The van der Waals surface area contributed by atoms with E-state index in [0.717, 1.165) is 6.54 Å². The first-order valence-corrected chi connectivity index (χ1v) is 8.51. The molecule has 98 valence electrons. The van der Waals surface area contributed by atoms with E-state index in [-0.39, 0.29) is 0 Å². The van der Waals surface area contributed by atoms with Gasteiger partial charge < -0.3 is 5.32 Å². The SMILES string of the molecule is CCNC(c1cc(C)c(Br)s1)c1sc(C)cc1C. The monoisotopic (exact) mass is 343 g/mol. The number of nitrogens with one attached hydrogen (secondary N) is 1. The van der Waals surface area contributed by atoms with Crippen molar-refractivity contribution in [2.24, 2.45) is 0 Å². The van der Waals surface area contributed by atoms with Gasteiger partial charge in [-0.25, -0.2) is 0 Å². The minimum Gasteiger partial charge on any atom is -0.305 e. The van der Waals surface area contributed by atoms with Gasteiger partial charge in [0, 0.05) is 14.6 Å². The van der Waals surface area contributed by atoms with Crippen LogP contribution in [-0.4, -0.2) is 6.54 Å². The molecule has 1 N–H and O–H groups in total.